The standard InChI is InChI=1S/C29H44N6O3.C11H12N4O3/c1-5-34(6-2)17-9-15-31-27(36)23-19-24(28(37)32-16-10-18-35(7-3)8-4)21-26(20-23)33-29(38)22-11-13-25(30)14-12-22;1-5(16)9(12)10(17)13-6-2-3-7-8(4-6)15-11(18)14-7/h11-14,19-21H,5-10,15-18,30H2,1-4H3,(H,31,36)(H,32,37)(H,33,38);2-4,9H,12H2,1H3,(H,13,17)(H2,14,15,18). The van der Waals surface area contributed by atoms with E-state index in [1.54, 1.807) is 60.7 Å². The van der Waals surface area contributed by atoms with Gasteiger partial charge in [0.15, 0.2) is 5.78 Å². The average Bonchev–Trinajstić information content (AvgIpc) is 3.57. The first-order valence-electron chi connectivity index (χ1n) is 18.9. The summed E-state index contributed by atoms with van der Waals surface area (Å²) >= 11 is 0. The van der Waals surface area contributed by atoms with Gasteiger partial charge in [0, 0.05) is 46.8 Å². The number of nitrogens with two attached hydrogens (primary N) is 2. The van der Waals surface area contributed by atoms with Crippen molar-refractivity contribution in [2.75, 3.05) is 68.7 Å². The minimum Gasteiger partial charge on any atom is -0.399 e. The molecule has 1 unspecified atom stereocenters. The van der Waals surface area contributed by atoms with E-state index < -0.39 is 17.7 Å². The van der Waals surface area contributed by atoms with E-state index in [9.17, 15) is 28.8 Å². The number of anilines is 3. The summed E-state index contributed by atoms with van der Waals surface area (Å²) in [4.78, 5) is 82.0. The molecule has 0 aliphatic carbocycles. The number of fused-ring (bicyclic) bond motifs is 1. The Morgan fingerprint density at radius 2 is 1.16 bits per heavy atom. The zero-order valence-electron chi connectivity index (χ0n) is 32.9. The number of carbonyl (C=O) groups is 5. The van der Waals surface area contributed by atoms with Gasteiger partial charge in [-0.25, -0.2) is 4.79 Å². The van der Waals surface area contributed by atoms with Crippen molar-refractivity contribution >= 4 is 57.5 Å². The van der Waals surface area contributed by atoms with Crippen molar-refractivity contribution in [2.45, 2.75) is 53.5 Å². The monoisotopic (exact) mass is 772 g/mol. The van der Waals surface area contributed by atoms with Gasteiger partial charge in [0.05, 0.1) is 11.0 Å². The Labute approximate surface area is 327 Å². The number of ketones is 1. The maximum Gasteiger partial charge on any atom is 0.323 e. The van der Waals surface area contributed by atoms with E-state index >= 15 is 0 Å². The molecule has 0 aliphatic heterocycles. The maximum atomic E-state index is 13.0. The Morgan fingerprint density at radius 3 is 1.66 bits per heavy atom. The SMILES string of the molecule is CC(=O)C(N)C(=O)Nc1ccc2[nH]c(=O)[nH]c2c1.CCN(CC)CCCNC(=O)c1cc(NC(=O)c2ccc(N)cc2)cc(C(=O)NCCCN(CC)CC)c1. The van der Waals surface area contributed by atoms with E-state index in [4.69, 9.17) is 11.5 Å². The van der Waals surface area contributed by atoms with Crippen molar-refractivity contribution in [3.8, 4) is 0 Å². The first kappa shape index (κ1) is 44.6. The van der Waals surface area contributed by atoms with Crippen LogP contribution >= 0.6 is 0 Å². The van der Waals surface area contributed by atoms with Gasteiger partial charge in [0.1, 0.15) is 6.04 Å². The molecule has 4 amide bonds. The van der Waals surface area contributed by atoms with Gasteiger partial charge < -0.3 is 52.5 Å². The highest BCUT2D eigenvalue weighted by Gasteiger charge is 2.18. The van der Waals surface area contributed by atoms with Crippen molar-refractivity contribution < 1.29 is 24.0 Å². The van der Waals surface area contributed by atoms with Gasteiger partial charge >= 0.3 is 5.69 Å². The van der Waals surface area contributed by atoms with Crippen molar-refractivity contribution in [3.63, 3.8) is 0 Å². The van der Waals surface area contributed by atoms with Crippen LogP contribution in [0, 0.1) is 0 Å². The minimum absolute atomic E-state index is 0.288. The highest BCUT2D eigenvalue weighted by Crippen LogP contribution is 2.18. The van der Waals surface area contributed by atoms with Crippen LogP contribution in [0.3, 0.4) is 0 Å². The second-order valence-electron chi connectivity index (χ2n) is 13.1. The fraction of sp³-hybridized carbons (Fsp3) is 0.400. The lowest BCUT2D eigenvalue weighted by Crippen LogP contribution is -2.41. The summed E-state index contributed by atoms with van der Waals surface area (Å²) in [7, 11) is 0. The number of hydrogen-bond donors (Lipinski definition) is 8. The summed E-state index contributed by atoms with van der Waals surface area (Å²) in [6, 6.07) is 14.9. The predicted octanol–water partition coefficient (Wildman–Crippen LogP) is 3.16. The summed E-state index contributed by atoms with van der Waals surface area (Å²) in [6.45, 7) is 16.4. The summed E-state index contributed by atoms with van der Waals surface area (Å²) in [6.07, 6.45) is 1.64. The number of aromatic amines is 2. The van der Waals surface area contributed by atoms with Crippen LogP contribution in [0.1, 0.15) is 78.5 Å². The number of H-pyrrole nitrogens is 2. The third kappa shape index (κ3) is 14.1. The number of Topliss-reactive ketones (excluding diaryl/α,β-unsaturated/α-hetero) is 1. The highest BCUT2D eigenvalue weighted by molar-refractivity contribution is 6.10. The molecule has 0 aliphatic rings. The molecular formula is C40H56N10O6. The Morgan fingerprint density at radius 1 is 0.643 bits per heavy atom. The molecule has 16 nitrogen and oxygen atoms in total. The van der Waals surface area contributed by atoms with Crippen molar-refractivity contribution in [3.05, 3.63) is 87.8 Å². The third-order valence-corrected chi connectivity index (χ3v) is 9.05. The smallest absolute Gasteiger partial charge is 0.323 e. The minimum atomic E-state index is -1.19. The van der Waals surface area contributed by atoms with E-state index in [1.165, 1.54) is 6.92 Å². The number of imidazole rings is 1. The molecule has 56 heavy (non-hydrogen) atoms. The molecule has 0 saturated heterocycles. The molecule has 1 heterocycles. The number of benzene rings is 3. The van der Waals surface area contributed by atoms with E-state index in [0.29, 0.717) is 57.9 Å². The highest BCUT2D eigenvalue weighted by atomic mass is 16.2. The average molecular weight is 773 g/mol. The van der Waals surface area contributed by atoms with E-state index in [1.807, 2.05) is 0 Å². The van der Waals surface area contributed by atoms with Crippen LogP contribution < -0.4 is 38.4 Å². The van der Waals surface area contributed by atoms with Gasteiger partial charge in [-0.15, -0.1) is 0 Å². The Hall–Kier alpha value is -5.84. The molecule has 0 saturated carbocycles. The second-order valence-corrected chi connectivity index (χ2v) is 13.1. The van der Waals surface area contributed by atoms with Gasteiger partial charge in [-0.05, 0) is 120 Å². The molecule has 16 heteroatoms. The second kappa shape index (κ2) is 22.5. The van der Waals surface area contributed by atoms with Crippen LogP contribution in [0.2, 0.25) is 0 Å². The molecule has 0 fully saturated rings. The molecule has 3 aromatic carbocycles. The molecule has 1 atom stereocenters. The normalized spacial score (nSPS) is 11.4. The molecule has 10 N–H and O–H groups in total. The van der Waals surface area contributed by atoms with Crippen LogP contribution in [-0.2, 0) is 9.59 Å². The van der Waals surface area contributed by atoms with Crippen molar-refractivity contribution in [2.24, 2.45) is 5.73 Å². The number of rotatable bonds is 19. The summed E-state index contributed by atoms with van der Waals surface area (Å²) in [5.74, 6) is -1.93. The number of carbonyl (C=O) groups excluding carboxylic acids is 5. The molecular weight excluding hydrogens is 717 g/mol. The van der Waals surface area contributed by atoms with Crippen molar-refractivity contribution in [1.82, 2.24) is 30.4 Å². The number of nitrogen functional groups attached to an aromatic ring is 1. The van der Waals surface area contributed by atoms with Gasteiger partial charge in [-0.2, -0.15) is 0 Å². The lowest BCUT2D eigenvalue weighted by molar-refractivity contribution is -0.126. The summed E-state index contributed by atoms with van der Waals surface area (Å²) in [5.41, 5.74) is 14.4. The number of aromatic nitrogens is 2. The molecule has 0 spiro atoms. The number of hydrogen-bond acceptors (Lipinski definition) is 10. The van der Waals surface area contributed by atoms with Crippen LogP contribution in [0.15, 0.2) is 65.5 Å². The fourth-order valence-corrected chi connectivity index (χ4v) is 5.61. The van der Waals surface area contributed by atoms with Crippen molar-refractivity contribution in [1.29, 1.82) is 0 Å². The summed E-state index contributed by atoms with van der Waals surface area (Å²) in [5, 5.41) is 11.2. The van der Waals surface area contributed by atoms with E-state index in [0.717, 1.165) is 52.1 Å². The van der Waals surface area contributed by atoms with Gasteiger partial charge in [-0.1, -0.05) is 27.7 Å². The first-order chi connectivity index (χ1) is 26.8. The molecule has 0 radical (unpaired) electrons. The Kier molecular flexibility index (Phi) is 17.9. The maximum absolute atomic E-state index is 13.0. The fourth-order valence-electron chi connectivity index (χ4n) is 5.61. The van der Waals surface area contributed by atoms with E-state index in [2.05, 4.69) is 68.7 Å². The molecule has 1 aromatic heterocycles. The summed E-state index contributed by atoms with van der Waals surface area (Å²) < 4.78 is 0. The largest absolute Gasteiger partial charge is 0.399 e. The van der Waals surface area contributed by atoms with Gasteiger partial charge in [0.25, 0.3) is 17.7 Å². The quantitative estimate of drug-likeness (QED) is 0.0393. The van der Waals surface area contributed by atoms with Gasteiger partial charge in [0.2, 0.25) is 5.91 Å². The van der Waals surface area contributed by atoms with Gasteiger partial charge in [-0.3, -0.25) is 24.0 Å². The number of nitrogens with zero attached hydrogens (tertiary/aromatic N) is 2. The van der Waals surface area contributed by atoms with Crippen LogP contribution in [-0.4, -0.2) is 108 Å². The van der Waals surface area contributed by atoms with Crippen LogP contribution in [0.5, 0.6) is 0 Å². The lowest BCUT2D eigenvalue weighted by Gasteiger charge is -2.18. The molecule has 4 aromatic rings. The topological polar surface area (TPSA) is 241 Å². The zero-order valence-corrected chi connectivity index (χ0v) is 32.9. The van der Waals surface area contributed by atoms with E-state index in [-0.39, 0.29) is 23.4 Å². The predicted molar refractivity (Wildman–Crippen MR) is 221 cm³/mol. The molecule has 0 bridgehead atoms. The lowest BCUT2D eigenvalue weighted by atomic mass is 10.1. The number of amides is 4. The number of nitrogens with one attached hydrogen (secondary N) is 6. The van der Waals surface area contributed by atoms with Crippen LogP contribution in [0.25, 0.3) is 11.0 Å². The first-order valence-corrected chi connectivity index (χ1v) is 18.9. The zero-order chi connectivity index (χ0) is 41.2. The third-order valence-electron chi connectivity index (χ3n) is 9.05. The van der Waals surface area contributed by atoms with Crippen LogP contribution in [0.4, 0.5) is 17.1 Å². The molecule has 4 rings (SSSR count). The Balaban J connectivity index is 0.000000387. The molecule has 302 valence electrons. The Bertz CT molecular complexity index is 1930.